The topological polar surface area (TPSA) is 28.9 Å². The van der Waals surface area contributed by atoms with Crippen LogP contribution in [0.2, 0.25) is 0 Å². The van der Waals surface area contributed by atoms with Crippen molar-refractivity contribution in [2.24, 2.45) is 0 Å². The van der Waals surface area contributed by atoms with Crippen molar-refractivity contribution in [1.29, 1.82) is 0 Å². The number of para-hydroxylation sites is 4. The zero-order valence-corrected chi connectivity index (χ0v) is 43.6. The maximum absolute atomic E-state index is 7.21. The fourth-order valence-corrected chi connectivity index (χ4v) is 13.2. The molecule has 1 aliphatic carbocycles. The average Bonchev–Trinajstić information content (AvgIpc) is 4.13. The first kappa shape index (κ1) is 45.1. The number of hydrogen-bond acceptors (Lipinski definition) is 4. The summed E-state index contributed by atoms with van der Waals surface area (Å²) in [5.74, 6) is 1.62. The Bertz CT molecular complexity index is 4800. The first-order chi connectivity index (χ1) is 39.0. The third-order valence-electron chi connectivity index (χ3n) is 16.8. The van der Waals surface area contributed by atoms with Gasteiger partial charge in [0.2, 0.25) is 0 Å². The summed E-state index contributed by atoms with van der Waals surface area (Å²) in [7, 11) is 0. The lowest BCUT2D eigenvalue weighted by Gasteiger charge is -2.31. The van der Waals surface area contributed by atoms with E-state index in [1.54, 1.807) is 0 Å². The number of nitrogens with zero attached hydrogens (tertiary/aromatic N) is 2. The van der Waals surface area contributed by atoms with Crippen molar-refractivity contribution in [3.63, 3.8) is 0 Å². The van der Waals surface area contributed by atoms with Crippen LogP contribution in [0.4, 0.5) is 34.1 Å². The number of ether oxygens (including phenoxy) is 1. The first-order valence-corrected chi connectivity index (χ1v) is 27.2. The van der Waals surface area contributed by atoms with Crippen LogP contribution in [0.1, 0.15) is 25.0 Å². The predicted molar refractivity (Wildman–Crippen MR) is 330 cm³/mol. The molecule has 4 nitrogen and oxygen atoms in total. The van der Waals surface area contributed by atoms with E-state index in [1.807, 2.05) is 6.07 Å². The van der Waals surface area contributed by atoms with Gasteiger partial charge in [-0.25, -0.2) is 0 Å². The minimum Gasteiger partial charge on any atom is -0.456 e. The van der Waals surface area contributed by atoms with Gasteiger partial charge < -0.3 is 19.0 Å². The summed E-state index contributed by atoms with van der Waals surface area (Å²) >= 11 is 0. The highest BCUT2D eigenvalue weighted by molar-refractivity contribution is 6.26. The van der Waals surface area contributed by atoms with Crippen LogP contribution in [0.5, 0.6) is 11.5 Å². The van der Waals surface area contributed by atoms with Gasteiger partial charge in [0.15, 0.2) is 5.58 Å². The molecule has 0 atom stereocenters. The third-order valence-corrected chi connectivity index (χ3v) is 16.8. The van der Waals surface area contributed by atoms with Crippen molar-refractivity contribution in [2.75, 3.05) is 9.80 Å². The summed E-state index contributed by atoms with van der Waals surface area (Å²) in [5.41, 5.74) is 19.8. The molecule has 0 N–H and O–H groups in total. The lowest BCUT2D eigenvalue weighted by molar-refractivity contribution is 0.487. The Morgan fingerprint density at radius 1 is 0.304 bits per heavy atom. The molecule has 0 bridgehead atoms. The van der Waals surface area contributed by atoms with Crippen LogP contribution < -0.4 is 14.5 Å². The average molecular weight is 1010 g/mol. The fourth-order valence-electron chi connectivity index (χ4n) is 13.2. The molecule has 0 spiro atoms. The molecule has 372 valence electrons. The van der Waals surface area contributed by atoms with Gasteiger partial charge in [-0.15, -0.1) is 0 Å². The predicted octanol–water partition coefficient (Wildman–Crippen LogP) is 21.4. The van der Waals surface area contributed by atoms with E-state index in [2.05, 4.69) is 285 Å². The zero-order valence-electron chi connectivity index (χ0n) is 43.6. The zero-order chi connectivity index (χ0) is 52.3. The van der Waals surface area contributed by atoms with E-state index in [-0.39, 0.29) is 5.41 Å². The molecule has 2 heterocycles. The van der Waals surface area contributed by atoms with Crippen molar-refractivity contribution >= 4 is 88.4 Å². The Labute approximate surface area is 458 Å². The van der Waals surface area contributed by atoms with Crippen LogP contribution in [0.3, 0.4) is 0 Å². The first-order valence-electron chi connectivity index (χ1n) is 27.2. The van der Waals surface area contributed by atoms with Crippen LogP contribution in [-0.4, -0.2) is 0 Å². The van der Waals surface area contributed by atoms with E-state index < -0.39 is 0 Å². The molecule has 0 saturated heterocycles. The molecular formula is C75H50N2O2. The van der Waals surface area contributed by atoms with Crippen molar-refractivity contribution in [1.82, 2.24) is 0 Å². The van der Waals surface area contributed by atoms with Crippen LogP contribution >= 0.6 is 0 Å². The van der Waals surface area contributed by atoms with Crippen LogP contribution in [-0.2, 0) is 5.41 Å². The second-order valence-electron chi connectivity index (χ2n) is 21.5. The van der Waals surface area contributed by atoms with Crippen molar-refractivity contribution < 1.29 is 9.15 Å². The van der Waals surface area contributed by atoms with Crippen LogP contribution in [0, 0.1) is 0 Å². The minimum atomic E-state index is -0.181. The Morgan fingerprint density at radius 3 is 1.58 bits per heavy atom. The molecule has 1 aliphatic heterocycles. The summed E-state index contributed by atoms with van der Waals surface area (Å²) in [6.07, 6.45) is 0. The van der Waals surface area contributed by atoms with Gasteiger partial charge in [-0.05, 0) is 127 Å². The van der Waals surface area contributed by atoms with Crippen LogP contribution in [0.15, 0.2) is 271 Å². The number of fused-ring (bicyclic) bond motifs is 12. The maximum Gasteiger partial charge on any atom is 0.159 e. The van der Waals surface area contributed by atoms with Gasteiger partial charge in [0.05, 0.1) is 28.4 Å². The standard InChI is InChI=1S/C75H50N2O2/c1-75(2)64-33-15-11-28-54(64)55-41-39-49(43-65(55)75)77(67-35-17-13-26-52(67)48-23-7-4-8-24-48)69-46-62-59-31-20-38-71-73(59)63(45-61(62)53-27-9-10-29-56(53)69)58-42-40-50(44-72(58)78-71)76(66-34-16-12-25-51(66)47-21-5-3-6-22-47)68-36-19-32-60-57-30-14-18-37-70(57)79-74(60)68/h3-46H,1-2H3. The molecule has 4 heteroatoms. The second-order valence-corrected chi connectivity index (χ2v) is 21.5. The van der Waals surface area contributed by atoms with Crippen molar-refractivity contribution in [3.8, 4) is 56.0 Å². The van der Waals surface area contributed by atoms with Gasteiger partial charge in [0, 0.05) is 55.4 Å². The number of furan rings is 1. The van der Waals surface area contributed by atoms with E-state index in [1.165, 1.54) is 38.4 Å². The van der Waals surface area contributed by atoms with Crippen molar-refractivity contribution in [3.05, 3.63) is 278 Å². The van der Waals surface area contributed by atoms with Gasteiger partial charge in [-0.3, -0.25) is 0 Å². The molecule has 2 aliphatic rings. The lowest BCUT2D eigenvalue weighted by atomic mass is 9.82. The molecule has 16 rings (SSSR count). The highest BCUT2D eigenvalue weighted by atomic mass is 16.5. The molecule has 1 aromatic heterocycles. The number of anilines is 6. The van der Waals surface area contributed by atoms with Gasteiger partial charge in [0.1, 0.15) is 17.1 Å². The SMILES string of the molecule is CC1(C)c2ccccc2-c2ccc(N(c3ccccc3-c3ccccc3)c3cc4c5cccc6c5c(cc4c4ccccc34)-c3ccc(N(c4ccccc4-c4ccccc4)c4cccc5c4oc4ccccc45)cc3O6)cc21. The monoisotopic (exact) mass is 1010 g/mol. The Morgan fingerprint density at radius 2 is 0.835 bits per heavy atom. The van der Waals surface area contributed by atoms with Crippen molar-refractivity contribution in [2.45, 2.75) is 19.3 Å². The molecule has 0 fully saturated rings. The molecular weight excluding hydrogens is 961 g/mol. The lowest BCUT2D eigenvalue weighted by Crippen LogP contribution is -2.17. The summed E-state index contributed by atoms with van der Waals surface area (Å²) in [4.78, 5) is 4.85. The fraction of sp³-hybridized carbons (Fsp3) is 0.0400. The molecule has 0 amide bonds. The Hall–Kier alpha value is -10.2. The highest BCUT2D eigenvalue weighted by Crippen LogP contribution is 2.56. The summed E-state index contributed by atoms with van der Waals surface area (Å²) in [6, 6.07) is 96.8. The molecule has 14 aromatic rings. The van der Waals surface area contributed by atoms with E-state index >= 15 is 0 Å². The maximum atomic E-state index is 7.21. The molecule has 0 unspecified atom stereocenters. The van der Waals surface area contributed by atoms with Gasteiger partial charge >= 0.3 is 0 Å². The highest BCUT2D eigenvalue weighted by Gasteiger charge is 2.36. The van der Waals surface area contributed by atoms with E-state index in [9.17, 15) is 0 Å². The smallest absolute Gasteiger partial charge is 0.159 e. The Kier molecular flexibility index (Phi) is 9.95. The normalized spacial score (nSPS) is 12.9. The number of rotatable bonds is 8. The van der Waals surface area contributed by atoms with Gasteiger partial charge in [-0.1, -0.05) is 208 Å². The quantitative estimate of drug-likeness (QED) is 0.142. The molecule has 79 heavy (non-hydrogen) atoms. The van der Waals surface area contributed by atoms with Gasteiger partial charge in [0.25, 0.3) is 0 Å². The minimum absolute atomic E-state index is 0.181. The Balaban J connectivity index is 0.908. The molecule has 0 radical (unpaired) electrons. The number of hydrogen-bond donors (Lipinski definition) is 0. The second kappa shape index (κ2) is 17.4. The van der Waals surface area contributed by atoms with Crippen LogP contribution in [0.25, 0.3) is 98.8 Å². The van der Waals surface area contributed by atoms with E-state index in [4.69, 9.17) is 9.15 Å². The third kappa shape index (κ3) is 6.87. The van der Waals surface area contributed by atoms with E-state index in [0.717, 1.165) is 117 Å². The summed E-state index contributed by atoms with van der Waals surface area (Å²) in [6.45, 7) is 4.73. The summed E-state index contributed by atoms with van der Waals surface area (Å²) < 4.78 is 14.0. The summed E-state index contributed by atoms with van der Waals surface area (Å²) in [5, 5.41) is 9.10. The largest absolute Gasteiger partial charge is 0.456 e. The molecule has 0 saturated carbocycles. The number of benzene rings is 13. The molecule has 13 aromatic carbocycles. The van der Waals surface area contributed by atoms with E-state index in [0.29, 0.717) is 0 Å². The van der Waals surface area contributed by atoms with Gasteiger partial charge in [-0.2, -0.15) is 0 Å².